The first kappa shape index (κ1) is 11.5. The molecule has 0 aliphatic heterocycles. The molecule has 5 N–H and O–H groups in total. The zero-order valence-electron chi connectivity index (χ0n) is 8.48. The maximum absolute atomic E-state index is 13.4. The lowest BCUT2D eigenvalue weighted by atomic mass is 10.3. The summed E-state index contributed by atoms with van der Waals surface area (Å²) in [5.74, 6) is -0.207. The molecule has 0 fully saturated rings. The molecule has 1 aromatic carbocycles. The molecule has 1 aromatic heterocycles. The van der Waals surface area contributed by atoms with Crippen LogP contribution in [0.25, 0.3) is 0 Å². The van der Waals surface area contributed by atoms with Gasteiger partial charge in [0.25, 0.3) is 0 Å². The van der Waals surface area contributed by atoms with Crippen molar-refractivity contribution in [3.63, 3.8) is 0 Å². The molecule has 0 aliphatic rings. The number of nitrogens with zero attached hydrogens (tertiary/aromatic N) is 3. The number of rotatable bonds is 2. The van der Waals surface area contributed by atoms with Crippen molar-refractivity contribution in [1.82, 2.24) is 10.2 Å². The minimum atomic E-state index is -0.497. The van der Waals surface area contributed by atoms with Gasteiger partial charge in [0, 0.05) is 4.47 Å². The Hall–Kier alpha value is -1.96. The van der Waals surface area contributed by atoms with Crippen molar-refractivity contribution in [1.29, 1.82) is 0 Å². The van der Waals surface area contributed by atoms with Crippen molar-refractivity contribution >= 4 is 38.9 Å². The van der Waals surface area contributed by atoms with Crippen LogP contribution in [0.4, 0.5) is 27.4 Å². The topological polar surface area (TPSA) is 105 Å². The van der Waals surface area contributed by atoms with Gasteiger partial charge in [-0.3, -0.25) is 5.10 Å². The van der Waals surface area contributed by atoms with Crippen LogP contribution >= 0.6 is 15.9 Å². The lowest BCUT2D eigenvalue weighted by Crippen LogP contribution is -1.84. The second-order valence-corrected chi connectivity index (χ2v) is 4.00. The number of nitrogens with one attached hydrogen (secondary N) is 1. The number of hydrogen-bond acceptors (Lipinski definition) is 5. The van der Waals surface area contributed by atoms with E-state index in [0.717, 1.165) is 0 Å². The molecule has 0 radical (unpaired) electrons. The number of nitrogens with two attached hydrogens (primary N) is 2. The van der Waals surface area contributed by atoms with Crippen LogP contribution in [0.2, 0.25) is 0 Å². The molecule has 1 heterocycles. The molecule has 2 aromatic rings. The van der Waals surface area contributed by atoms with Crippen LogP contribution in [0.5, 0.6) is 0 Å². The number of anilines is 2. The van der Waals surface area contributed by atoms with Crippen LogP contribution in [0.3, 0.4) is 0 Å². The van der Waals surface area contributed by atoms with Gasteiger partial charge in [-0.1, -0.05) is 6.07 Å². The third-order valence-electron chi connectivity index (χ3n) is 1.98. The maximum Gasteiger partial charge on any atom is 0.175 e. The first-order valence-electron chi connectivity index (χ1n) is 4.54. The van der Waals surface area contributed by atoms with Crippen LogP contribution in [-0.2, 0) is 0 Å². The second-order valence-electron chi connectivity index (χ2n) is 3.14. The quantitative estimate of drug-likeness (QED) is 0.742. The summed E-state index contributed by atoms with van der Waals surface area (Å²) >= 11 is 3.17. The maximum atomic E-state index is 13.4. The molecule has 0 spiro atoms. The van der Waals surface area contributed by atoms with Gasteiger partial charge in [0.2, 0.25) is 0 Å². The second kappa shape index (κ2) is 4.50. The van der Waals surface area contributed by atoms with Crippen LogP contribution < -0.4 is 11.5 Å². The summed E-state index contributed by atoms with van der Waals surface area (Å²) in [5.41, 5.74) is 11.3. The lowest BCUT2D eigenvalue weighted by molar-refractivity contribution is 0.627. The van der Waals surface area contributed by atoms with E-state index in [1.165, 1.54) is 6.07 Å². The Labute approximate surface area is 104 Å². The van der Waals surface area contributed by atoms with E-state index in [1.54, 1.807) is 12.1 Å². The van der Waals surface area contributed by atoms with Gasteiger partial charge in [-0.2, -0.15) is 5.10 Å². The molecule has 17 heavy (non-hydrogen) atoms. The van der Waals surface area contributed by atoms with Crippen LogP contribution in [0, 0.1) is 5.82 Å². The number of nitrogen functional groups attached to an aromatic ring is 2. The Kier molecular flexibility index (Phi) is 3.05. The van der Waals surface area contributed by atoms with E-state index in [0.29, 0.717) is 4.47 Å². The highest BCUT2D eigenvalue weighted by molar-refractivity contribution is 9.10. The van der Waals surface area contributed by atoms with E-state index >= 15 is 0 Å². The van der Waals surface area contributed by atoms with Gasteiger partial charge in [-0.05, 0) is 28.1 Å². The molecular formula is C9H8BrFN6. The van der Waals surface area contributed by atoms with Crippen molar-refractivity contribution in [2.24, 2.45) is 10.2 Å². The molecule has 8 heteroatoms. The van der Waals surface area contributed by atoms with Gasteiger partial charge in [-0.15, -0.1) is 10.2 Å². The highest BCUT2D eigenvalue weighted by atomic mass is 79.9. The van der Waals surface area contributed by atoms with Crippen LogP contribution in [-0.4, -0.2) is 10.2 Å². The number of aromatic nitrogens is 2. The Bertz CT molecular complexity index is 539. The smallest absolute Gasteiger partial charge is 0.175 e. The Morgan fingerprint density at radius 2 is 1.94 bits per heavy atom. The van der Waals surface area contributed by atoms with E-state index in [2.05, 4.69) is 36.4 Å². The van der Waals surface area contributed by atoms with Gasteiger partial charge >= 0.3 is 0 Å². The lowest BCUT2D eigenvalue weighted by Gasteiger charge is -1.98. The SMILES string of the molecule is Nc1n[nH]c(N)c1N=Nc1c(F)cccc1Br. The summed E-state index contributed by atoms with van der Waals surface area (Å²) in [4.78, 5) is 0. The van der Waals surface area contributed by atoms with Gasteiger partial charge in [0.05, 0.1) is 0 Å². The monoisotopic (exact) mass is 298 g/mol. The number of aromatic amines is 1. The summed E-state index contributed by atoms with van der Waals surface area (Å²) in [6.07, 6.45) is 0. The summed E-state index contributed by atoms with van der Waals surface area (Å²) in [5, 5.41) is 13.6. The molecule has 0 saturated heterocycles. The normalized spacial score (nSPS) is 11.2. The highest BCUT2D eigenvalue weighted by Gasteiger charge is 2.09. The van der Waals surface area contributed by atoms with E-state index in [9.17, 15) is 4.39 Å². The number of azo groups is 1. The predicted molar refractivity (Wildman–Crippen MR) is 65.7 cm³/mol. The fourth-order valence-corrected chi connectivity index (χ4v) is 1.58. The molecule has 0 atom stereocenters. The molecule has 0 saturated carbocycles. The van der Waals surface area contributed by atoms with E-state index < -0.39 is 5.82 Å². The Morgan fingerprint density at radius 3 is 2.53 bits per heavy atom. The molecule has 2 rings (SSSR count). The van der Waals surface area contributed by atoms with E-state index in [4.69, 9.17) is 11.5 Å². The van der Waals surface area contributed by atoms with E-state index in [-0.39, 0.29) is 23.0 Å². The third kappa shape index (κ3) is 2.26. The number of hydrogen-bond donors (Lipinski definition) is 3. The summed E-state index contributed by atoms with van der Waals surface area (Å²) < 4.78 is 13.9. The molecule has 0 amide bonds. The van der Waals surface area contributed by atoms with Crippen molar-refractivity contribution in [2.45, 2.75) is 0 Å². The fraction of sp³-hybridized carbons (Fsp3) is 0. The number of H-pyrrole nitrogens is 1. The average Bonchev–Trinajstić information content (AvgIpc) is 2.59. The van der Waals surface area contributed by atoms with Crippen molar-refractivity contribution < 1.29 is 4.39 Å². The van der Waals surface area contributed by atoms with Gasteiger partial charge in [0.15, 0.2) is 17.3 Å². The molecule has 0 bridgehead atoms. The van der Waals surface area contributed by atoms with Crippen molar-refractivity contribution in [3.05, 3.63) is 28.5 Å². The predicted octanol–water partition coefficient (Wildman–Crippen LogP) is 2.89. The molecule has 6 nitrogen and oxygen atoms in total. The van der Waals surface area contributed by atoms with Gasteiger partial charge in [-0.25, -0.2) is 4.39 Å². The Morgan fingerprint density at radius 1 is 1.24 bits per heavy atom. The van der Waals surface area contributed by atoms with Crippen LogP contribution in [0.15, 0.2) is 32.9 Å². The first-order valence-corrected chi connectivity index (χ1v) is 5.34. The molecule has 0 unspecified atom stereocenters. The largest absolute Gasteiger partial charge is 0.382 e. The molecule has 0 aliphatic carbocycles. The van der Waals surface area contributed by atoms with Crippen molar-refractivity contribution in [2.75, 3.05) is 11.5 Å². The molecule has 88 valence electrons. The highest BCUT2D eigenvalue weighted by Crippen LogP contribution is 2.32. The minimum Gasteiger partial charge on any atom is -0.382 e. The average molecular weight is 299 g/mol. The van der Waals surface area contributed by atoms with Gasteiger partial charge < -0.3 is 11.5 Å². The van der Waals surface area contributed by atoms with Gasteiger partial charge in [0.1, 0.15) is 11.5 Å². The number of halogens is 2. The molecular weight excluding hydrogens is 291 g/mol. The summed E-state index contributed by atoms with van der Waals surface area (Å²) in [6.45, 7) is 0. The standard InChI is InChI=1S/C9H8BrFN6/c10-4-2-1-3-5(11)6(4)14-15-7-8(12)16-17-9(7)13/h1-3H,(H5,12,13,16,17). The zero-order valence-corrected chi connectivity index (χ0v) is 10.1. The van der Waals surface area contributed by atoms with Crippen LogP contribution in [0.1, 0.15) is 0 Å². The Balaban J connectivity index is 2.39. The summed E-state index contributed by atoms with van der Waals surface area (Å²) in [6, 6.07) is 4.49. The van der Waals surface area contributed by atoms with E-state index in [1.807, 2.05) is 0 Å². The number of benzene rings is 1. The first-order chi connectivity index (χ1) is 8.09. The zero-order chi connectivity index (χ0) is 12.4. The minimum absolute atomic E-state index is 0.0764. The third-order valence-corrected chi connectivity index (χ3v) is 2.62. The summed E-state index contributed by atoms with van der Waals surface area (Å²) in [7, 11) is 0. The van der Waals surface area contributed by atoms with Crippen molar-refractivity contribution in [3.8, 4) is 0 Å². The fourth-order valence-electron chi connectivity index (χ4n) is 1.15.